The van der Waals surface area contributed by atoms with E-state index in [-0.39, 0.29) is 12.3 Å². The monoisotopic (exact) mass is 253 g/mol. The Labute approximate surface area is 106 Å². The molecule has 1 aromatic rings. The van der Waals surface area contributed by atoms with Crippen molar-refractivity contribution in [2.24, 2.45) is 5.92 Å². The van der Waals surface area contributed by atoms with Crippen LogP contribution in [0, 0.1) is 5.92 Å². The molecule has 0 aliphatic rings. The molecule has 0 aliphatic heterocycles. The van der Waals surface area contributed by atoms with Crippen LogP contribution in [0.1, 0.15) is 30.3 Å². The van der Waals surface area contributed by atoms with Crippen LogP contribution >= 0.6 is 0 Å². The molecule has 6 heteroatoms. The molecule has 2 N–H and O–H groups in total. The van der Waals surface area contributed by atoms with Gasteiger partial charge in [0.25, 0.3) is 0 Å². The van der Waals surface area contributed by atoms with E-state index < -0.39 is 5.97 Å². The largest absolute Gasteiger partial charge is 0.464 e. The fraction of sp³-hybridized carbons (Fsp3) is 0.583. The first kappa shape index (κ1) is 14.4. The molecule has 0 saturated carbocycles. The summed E-state index contributed by atoms with van der Waals surface area (Å²) in [6.45, 7) is 2.99. The van der Waals surface area contributed by atoms with Gasteiger partial charge < -0.3 is 15.2 Å². The minimum Gasteiger partial charge on any atom is -0.464 e. The third kappa shape index (κ3) is 4.29. The van der Waals surface area contributed by atoms with Crippen molar-refractivity contribution in [3.05, 3.63) is 17.8 Å². The lowest BCUT2D eigenvalue weighted by Crippen LogP contribution is -2.16. The van der Waals surface area contributed by atoms with Crippen molar-refractivity contribution in [3.63, 3.8) is 0 Å². The number of anilines is 1. The van der Waals surface area contributed by atoms with Crippen LogP contribution in [-0.2, 0) is 4.74 Å². The molecule has 6 nitrogen and oxygen atoms in total. The molecule has 1 heterocycles. The zero-order valence-corrected chi connectivity index (χ0v) is 10.7. The third-order valence-corrected chi connectivity index (χ3v) is 2.75. The van der Waals surface area contributed by atoms with Gasteiger partial charge in [0.2, 0.25) is 0 Å². The Morgan fingerprint density at radius 2 is 2.28 bits per heavy atom. The van der Waals surface area contributed by atoms with Crippen LogP contribution in [0.3, 0.4) is 0 Å². The molecule has 0 aliphatic carbocycles. The van der Waals surface area contributed by atoms with Crippen molar-refractivity contribution in [1.29, 1.82) is 0 Å². The van der Waals surface area contributed by atoms with Gasteiger partial charge in [-0.1, -0.05) is 13.3 Å². The van der Waals surface area contributed by atoms with Gasteiger partial charge in [-0.2, -0.15) is 0 Å². The lowest BCUT2D eigenvalue weighted by atomic mass is 10.0. The van der Waals surface area contributed by atoms with Crippen LogP contribution in [0.25, 0.3) is 0 Å². The number of methoxy groups -OCH3 is 1. The molecule has 1 aromatic heterocycles. The summed E-state index contributed by atoms with van der Waals surface area (Å²) in [7, 11) is 1.30. The average molecular weight is 253 g/mol. The molecule has 0 spiro atoms. The zero-order chi connectivity index (χ0) is 13.4. The molecule has 0 aromatic carbocycles. The van der Waals surface area contributed by atoms with Gasteiger partial charge in [0.05, 0.1) is 7.11 Å². The number of nitrogens with one attached hydrogen (secondary N) is 1. The molecular formula is C12H19N3O3. The highest BCUT2D eigenvalue weighted by atomic mass is 16.5. The molecule has 0 radical (unpaired) electrons. The molecule has 1 atom stereocenters. The number of rotatable bonds is 7. The molecule has 0 fully saturated rings. The van der Waals surface area contributed by atoms with Crippen LogP contribution in [0.2, 0.25) is 0 Å². The first-order chi connectivity index (χ1) is 8.71. The molecule has 0 amide bonds. The Balaban J connectivity index is 2.50. The summed E-state index contributed by atoms with van der Waals surface area (Å²) in [5, 5.41) is 19.7. The van der Waals surface area contributed by atoms with Gasteiger partial charge in [0, 0.05) is 13.2 Å². The van der Waals surface area contributed by atoms with Crippen molar-refractivity contribution < 1.29 is 14.6 Å². The number of aromatic nitrogens is 2. The number of aliphatic hydroxyl groups is 1. The summed E-state index contributed by atoms with van der Waals surface area (Å²) >= 11 is 0. The van der Waals surface area contributed by atoms with Gasteiger partial charge in [-0.15, -0.1) is 10.2 Å². The molecule has 0 saturated heterocycles. The second kappa shape index (κ2) is 7.60. The molecule has 100 valence electrons. The fourth-order valence-corrected chi connectivity index (χ4v) is 1.52. The first-order valence-electron chi connectivity index (χ1n) is 5.98. The Kier molecular flexibility index (Phi) is 6.07. The van der Waals surface area contributed by atoms with Crippen molar-refractivity contribution in [1.82, 2.24) is 10.2 Å². The van der Waals surface area contributed by atoms with Crippen LogP contribution in [0.5, 0.6) is 0 Å². The van der Waals surface area contributed by atoms with Crippen molar-refractivity contribution >= 4 is 11.8 Å². The summed E-state index contributed by atoms with van der Waals surface area (Å²) < 4.78 is 4.53. The zero-order valence-electron chi connectivity index (χ0n) is 10.7. The van der Waals surface area contributed by atoms with Gasteiger partial charge in [-0.05, 0) is 24.5 Å². The Hall–Kier alpha value is -1.69. The normalized spacial score (nSPS) is 11.9. The number of carbonyl (C=O) groups excluding carboxylic acids is 1. The molecular weight excluding hydrogens is 234 g/mol. The number of hydrogen-bond acceptors (Lipinski definition) is 6. The predicted molar refractivity (Wildman–Crippen MR) is 67.3 cm³/mol. The van der Waals surface area contributed by atoms with Crippen LogP contribution < -0.4 is 5.32 Å². The van der Waals surface area contributed by atoms with E-state index in [9.17, 15) is 4.79 Å². The van der Waals surface area contributed by atoms with E-state index in [4.69, 9.17) is 5.11 Å². The fourth-order valence-electron chi connectivity index (χ4n) is 1.52. The number of nitrogens with zero attached hydrogens (tertiary/aromatic N) is 2. The van der Waals surface area contributed by atoms with Gasteiger partial charge in [-0.3, -0.25) is 0 Å². The maximum absolute atomic E-state index is 11.1. The highest BCUT2D eigenvalue weighted by Gasteiger charge is 2.09. The van der Waals surface area contributed by atoms with E-state index in [0.29, 0.717) is 11.7 Å². The van der Waals surface area contributed by atoms with Gasteiger partial charge in [0.15, 0.2) is 5.69 Å². The quantitative estimate of drug-likeness (QED) is 0.707. The first-order valence-corrected chi connectivity index (χ1v) is 5.98. The highest BCUT2D eigenvalue weighted by Crippen LogP contribution is 2.09. The SMILES string of the molecule is CCC(CCO)CNc1ccc(C(=O)OC)nn1. The van der Waals surface area contributed by atoms with E-state index in [2.05, 4.69) is 27.2 Å². The number of esters is 1. The number of hydrogen-bond donors (Lipinski definition) is 2. The predicted octanol–water partition coefficient (Wildman–Crippen LogP) is 1.08. The third-order valence-electron chi connectivity index (χ3n) is 2.75. The highest BCUT2D eigenvalue weighted by molar-refractivity contribution is 5.86. The summed E-state index contributed by atoms with van der Waals surface area (Å²) in [5.74, 6) is 0.511. The van der Waals surface area contributed by atoms with E-state index in [1.54, 1.807) is 12.1 Å². The summed E-state index contributed by atoms with van der Waals surface area (Å²) in [6, 6.07) is 3.25. The lowest BCUT2D eigenvalue weighted by Gasteiger charge is -2.14. The van der Waals surface area contributed by atoms with E-state index in [0.717, 1.165) is 19.4 Å². The van der Waals surface area contributed by atoms with Gasteiger partial charge >= 0.3 is 5.97 Å². The van der Waals surface area contributed by atoms with E-state index in [1.165, 1.54) is 7.11 Å². The topological polar surface area (TPSA) is 84.3 Å². The van der Waals surface area contributed by atoms with Crippen LogP contribution in [0.4, 0.5) is 5.82 Å². The Morgan fingerprint density at radius 1 is 1.50 bits per heavy atom. The molecule has 18 heavy (non-hydrogen) atoms. The summed E-state index contributed by atoms with van der Waals surface area (Å²) in [6.07, 6.45) is 1.75. The maximum Gasteiger partial charge on any atom is 0.358 e. The molecule has 0 bridgehead atoms. The maximum atomic E-state index is 11.1. The van der Waals surface area contributed by atoms with Crippen molar-refractivity contribution in [2.75, 3.05) is 25.6 Å². The van der Waals surface area contributed by atoms with Gasteiger partial charge in [-0.25, -0.2) is 4.79 Å². The Morgan fingerprint density at radius 3 is 2.78 bits per heavy atom. The minimum absolute atomic E-state index is 0.186. The minimum atomic E-state index is -0.499. The van der Waals surface area contributed by atoms with E-state index >= 15 is 0 Å². The lowest BCUT2D eigenvalue weighted by molar-refractivity contribution is 0.0592. The summed E-state index contributed by atoms with van der Waals surface area (Å²) in [5.41, 5.74) is 0.186. The van der Waals surface area contributed by atoms with E-state index in [1.807, 2.05) is 0 Å². The number of aliphatic hydroxyl groups excluding tert-OH is 1. The average Bonchev–Trinajstić information content (AvgIpc) is 2.43. The number of ether oxygens (including phenoxy) is 1. The standard InChI is InChI=1S/C12H19N3O3/c1-3-9(6-7-16)8-13-11-5-4-10(14-15-11)12(17)18-2/h4-5,9,16H,3,6-8H2,1-2H3,(H,13,15). The van der Waals surface area contributed by atoms with Crippen molar-refractivity contribution in [2.45, 2.75) is 19.8 Å². The number of carbonyl (C=O) groups is 1. The molecule has 1 rings (SSSR count). The van der Waals surface area contributed by atoms with Crippen LogP contribution in [0.15, 0.2) is 12.1 Å². The van der Waals surface area contributed by atoms with Crippen LogP contribution in [-0.4, -0.2) is 41.5 Å². The van der Waals surface area contributed by atoms with Gasteiger partial charge in [0.1, 0.15) is 5.82 Å². The summed E-state index contributed by atoms with van der Waals surface area (Å²) in [4.78, 5) is 11.1. The smallest absolute Gasteiger partial charge is 0.358 e. The molecule has 1 unspecified atom stereocenters. The second-order valence-corrected chi connectivity index (χ2v) is 3.96. The Bertz CT molecular complexity index is 367. The second-order valence-electron chi connectivity index (χ2n) is 3.96. The van der Waals surface area contributed by atoms with Crippen molar-refractivity contribution in [3.8, 4) is 0 Å².